The molecule has 1 aliphatic heterocycles. The number of amides is 1. The summed E-state index contributed by atoms with van der Waals surface area (Å²) >= 11 is 0. The van der Waals surface area contributed by atoms with Gasteiger partial charge < -0.3 is 24.9 Å². The van der Waals surface area contributed by atoms with E-state index in [1.807, 2.05) is 0 Å². The third-order valence-electron chi connectivity index (χ3n) is 3.43. The number of nitrogens with one attached hydrogen (secondary N) is 2. The van der Waals surface area contributed by atoms with E-state index < -0.39 is 23.7 Å². The maximum atomic E-state index is 12.8. The van der Waals surface area contributed by atoms with Gasteiger partial charge in [0.2, 0.25) is 5.91 Å². The van der Waals surface area contributed by atoms with Crippen molar-refractivity contribution in [3.05, 3.63) is 30.1 Å². The Kier molecular flexibility index (Phi) is 5.24. The highest BCUT2D eigenvalue weighted by atomic mass is 19.1. The first-order valence-electron chi connectivity index (χ1n) is 6.75. The molecule has 0 aromatic heterocycles. The molecule has 7 heteroatoms. The second-order valence-corrected chi connectivity index (χ2v) is 4.90. The molecule has 0 bridgehead atoms. The molecule has 1 aromatic rings. The van der Waals surface area contributed by atoms with Crippen LogP contribution in [0.5, 0.6) is 0 Å². The van der Waals surface area contributed by atoms with Gasteiger partial charge in [-0.1, -0.05) is 0 Å². The van der Waals surface area contributed by atoms with E-state index in [9.17, 15) is 19.1 Å². The van der Waals surface area contributed by atoms with Crippen molar-refractivity contribution in [2.75, 3.05) is 31.6 Å². The highest BCUT2D eigenvalue weighted by Gasteiger charge is 2.28. The van der Waals surface area contributed by atoms with Crippen LogP contribution in [0, 0.1) is 5.82 Å². The van der Waals surface area contributed by atoms with Crippen LogP contribution in [-0.4, -0.2) is 44.2 Å². The van der Waals surface area contributed by atoms with Gasteiger partial charge in [-0.25, -0.2) is 4.39 Å². The van der Waals surface area contributed by atoms with E-state index in [0.29, 0.717) is 32.0 Å². The lowest BCUT2D eigenvalue weighted by Crippen LogP contribution is -3.19. The average Bonchev–Trinajstić information content (AvgIpc) is 2.48. The summed E-state index contributed by atoms with van der Waals surface area (Å²) < 4.78 is 17.9. The number of hydrogen-bond donors (Lipinski definition) is 2. The number of benzene rings is 1. The van der Waals surface area contributed by atoms with E-state index in [2.05, 4.69) is 5.32 Å². The molecule has 1 aromatic carbocycles. The normalized spacial score (nSPS) is 17.2. The van der Waals surface area contributed by atoms with Crippen LogP contribution in [0.1, 0.15) is 6.42 Å². The summed E-state index contributed by atoms with van der Waals surface area (Å²) in [5.74, 6) is -2.09. The van der Waals surface area contributed by atoms with Crippen LogP contribution in [0.25, 0.3) is 0 Å². The number of ether oxygens (including phenoxy) is 1. The van der Waals surface area contributed by atoms with Gasteiger partial charge in [-0.2, -0.15) is 0 Å². The molecule has 0 unspecified atom stereocenters. The molecular weight excluding hydrogens is 279 g/mol. The lowest BCUT2D eigenvalue weighted by atomic mass is 10.1. The van der Waals surface area contributed by atoms with Gasteiger partial charge in [0, 0.05) is 5.69 Å². The second kappa shape index (κ2) is 7.14. The molecule has 0 radical (unpaired) electrons. The molecule has 21 heavy (non-hydrogen) atoms. The van der Waals surface area contributed by atoms with Crippen molar-refractivity contribution in [2.45, 2.75) is 12.5 Å². The number of carbonyl (C=O) groups is 2. The fourth-order valence-electron chi connectivity index (χ4n) is 2.31. The molecular formula is C14H17FN2O4. The van der Waals surface area contributed by atoms with E-state index in [1.165, 1.54) is 24.3 Å². The van der Waals surface area contributed by atoms with Crippen LogP contribution in [0.4, 0.5) is 10.1 Å². The van der Waals surface area contributed by atoms with E-state index in [-0.39, 0.29) is 6.42 Å². The lowest BCUT2D eigenvalue weighted by molar-refractivity contribution is -0.925. The van der Waals surface area contributed by atoms with Crippen LogP contribution in [0.15, 0.2) is 24.3 Å². The summed E-state index contributed by atoms with van der Waals surface area (Å²) in [6.07, 6.45) is -0.185. The molecule has 1 aliphatic rings. The van der Waals surface area contributed by atoms with Crippen molar-refractivity contribution in [3.8, 4) is 0 Å². The van der Waals surface area contributed by atoms with E-state index in [1.54, 1.807) is 0 Å². The largest absolute Gasteiger partial charge is 0.544 e. The van der Waals surface area contributed by atoms with Gasteiger partial charge in [-0.05, 0) is 24.3 Å². The number of hydrogen-bond acceptors (Lipinski definition) is 4. The highest BCUT2D eigenvalue weighted by molar-refractivity contribution is 5.93. The van der Waals surface area contributed by atoms with Crippen molar-refractivity contribution in [3.63, 3.8) is 0 Å². The van der Waals surface area contributed by atoms with E-state index >= 15 is 0 Å². The van der Waals surface area contributed by atoms with Crippen LogP contribution in [0.2, 0.25) is 0 Å². The molecule has 0 saturated carbocycles. The van der Waals surface area contributed by atoms with Crippen molar-refractivity contribution >= 4 is 17.6 Å². The Bertz CT molecular complexity index is 500. The fourth-order valence-corrected chi connectivity index (χ4v) is 2.31. The summed E-state index contributed by atoms with van der Waals surface area (Å²) in [5.41, 5.74) is 0.426. The van der Waals surface area contributed by atoms with Gasteiger partial charge in [0.25, 0.3) is 0 Å². The minimum atomic E-state index is -1.25. The quantitative estimate of drug-likeness (QED) is 0.671. The first-order valence-corrected chi connectivity index (χ1v) is 6.75. The molecule has 1 fully saturated rings. The number of aliphatic carboxylic acids is 1. The first-order chi connectivity index (χ1) is 10.1. The zero-order valence-electron chi connectivity index (χ0n) is 11.4. The maximum Gasteiger partial charge on any atom is 0.230 e. The van der Waals surface area contributed by atoms with Gasteiger partial charge in [0.15, 0.2) is 0 Å². The molecule has 1 saturated heterocycles. The SMILES string of the molecule is O=C(C[C@@H](C(=O)[O-])[NH+]1CCOCC1)Nc1ccc(F)cc1. The molecule has 1 amide bonds. The number of rotatable bonds is 5. The highest BCUT2D eigenvalue weighted by Crippen LogP contribution is 2.08. The summed E-state index contributed by atoms with van der Waals surface area (Å²) in [6.45, 7) is 2.00. The second-order valence-electron chi connectivity index (χ2n) is 4.90. The third-order valence-corrected chi connectivity index (χ3v) is 3.43. The summed E-state index contributed by atoms with van der Waals surface area (Å²) in [4.78, 5) is 23.9. The number of quaternary nitrogens is 1. The molecule has 114 valence electrons. The van der Waals surface area contributed by atoms with Crippen LogP contribution >= 0.6 is 0 Å². The Morgan fingerprint density at radius 3 is 2.48 bits per heavy atom. The summed E-state index contributed by atoms with van der Waals surface area (Å²) in [6, 6.07) is 4.37. The predicted octanol–water partition coefficient (Wildman–Crippen LogP) is -1.81. The average molecular weight is 296 g/mol. The molecule has 2 N–H and O–H groups in total. The van der Waals surface area contributed by atoms with Crippen LogP contribution in [-0.2, 0) is 14.3 Å². The summed E-state index contributed by atoms with van der Waals surface area (Å²) in [5, 5.41) is 13.8. The number of halogens is 1. The zero-order chi connectivity index (χ0) is 15.2. The Hall–Kier alpha value is -1.99. The van der Waals surface area contributed by atoms with E-state index in [4.69, 9.17) is 4.74 Å². The molecule has 2 rings (SSSR count). The Labute approximate surface area is 121 Å². The molecule has 0 spiro atoms. The van der Waals surface area contributed by atoms with Crippen LogP contribution < -0.4 is 15.3 Å². The van der Waals surface area contributed by atoms with Crippen molar-refractivity contribution in [1.82, 2.24) is 0 Å². The topological polar surface area (TPSA) is 82.9 Å². The minimum absolute atomic E-state index is 0.185. The fraction of sp³-hybridized carbons (Fsp3) is 0.429. The van der Waals surface area contributed by atoms with Gasteiger partial charge in [0.05, 0.1) is 25.6 Å². The monoisotopic (exact) mass is 296 g/mol. The number of morpholine rings is 1. The summed E-state index contributed by atoms with van der Waals surface area (Å²) in [7, 11) is 0. The number of anilines is 1. The van der Waals surface area contributed by atoms with Gasteiger partial charge >= 0.3 is 0 Å². The maximum absolute atomic E-state index is 12.8. The van der Waals surface area contributed by atoms with E-state index in [0.717, 1.165) is 4.90 Å². The predicted molar refractivity (Wildman–Crippen MR) is 70.0 cm³/mol. The van der Waals surface area contributed by atoms with Crippen molar-refractivity contribution < 1.29 is 28.7 Å². The van der Waals surface area contributed by atoms with Crippen molar-refractivity contribution in [1.29, 1.82) is 0 Å². The Balaban J connectivity index is 1.94. The van der Waals surface area contributed by atoms with Crippen molar-refractivity contribution in [2.24, 2.45) is 0 Å². The number of carboxylic acid groups (broad SMARTS) is 1. The standard InChI is InChI=1S/C14H17FN2O4/c15-10-1-3-11(4-2-10)16-13(18)9-12(14(19)20)17-5-7-21-8-6-17/h1-4,12H,5-9H2,(H,16,18)(H,19,20)/t12-/m0/s1. The first kappa shape index (κ1) is 15.4. The molecule has 1 heterocycles. The Morgan fingerprint density at radius 1 is 1.29 bits per heavy atom. The number of carbonyl (C=O) groups excluding carboxylic acids is 2. The lowest BCUT2D eigenvalue weighted by Gasteiger charge is -2.31. The van der Waals surface area contributed by atoms with Gasteiger partial charge in [0.1, 0.15) is 24.9 Å². The number of carboxylic acids is 1. The van der Waals surface area contributed by atoms with Gasteiger partial charge in [-0.3, -0.25) is 4.79 Å². The molecule has 0 aliphatic carbocycles. The third kappa shape index (κ3) is 4.51. The molecule has 6 nitrogen and oxygen atoms in total. The zero-order valence-corrected chi connectivity index (χ0v) is 11.4. The minimum Gasteiger partial charge on any atom is -0.544 e. The van der Waals surface area contributed by atoms with Gasteiger partial charge in [-0.15, -0.1) is 0 Å². The van der Waals surface area contributed by atoms with Crippen LogP contribution in [0.3, 0.4) is 0 Å². The smallest absolute Gasteiger partial charge is 0.230 e. The Morgan fingerprint density at radius 2 is 1.90 bits per heavy atom. The molecule has 1 atom stereocenters.